The minimum atomic E-state index is 0.0664. The van der Waals surface area contributed by atoms with Crippen molar-refractivity contribution in [2.24, 2.45) is 0 Å². The molecule has 5 heteroatoms. The first-order chi connectivity index (χ1) is 12.6. The van der Waals surface area contributed by atoms with Crippen LogP contribution in [0.15, 0.2) is 41.8 Å². The molecule has 4 nitrogen and oxygen atoms in total. The number of hydrogen-bond acceptors (Lipinski definition) is 3. The van der Waals surface area contributed by atoms with Gasteiger partial charge in [0.2, 0.25) is 5.91 Å². The standard InChI is InChI=1S/C21H26N2O2S/c1-17-6-4-7-18(16-17)21(25)23-13-11-22(12-14-23)20(24)10-3-2-8-19-9-5-15-26-19/h4-7,9,15-16H,2-3,8,10-14H2,1H3. The quantitative estimate of drug-likeness (QED) is 0.727. The second-order valence-corrected chi connectivity index (χ2v) is 7.86. The van der Waals surface area contributed by atoms with Gasteiger partial charge in [-0.05, 0) is 49.8 Å². The number of carbonyl (C=O) groups excluding carboxylic acids is 2. The van der Waals surface area contributed by atoms with Gasteiger partial charge in [0.05, 0.1) is 0 Å². The van der Waals surface area contributed by atoms with E-state index in [9.17, 15) is 9.59 Å². The monoisotopic (exact) mass is 370 g/mol. The molecule has 138 valence electrons. The summed E-state index contributed by atoms with van der Waals surface area (Å²) >= 11 is 1.78. The first-order valence-corrected chi connectivity index (χ1v) is 10.2. The zero-order valence-corrected chi connectivity index (χ0v) is 16.1. The van der Waals surface area contributed by atoms with Crippen LogP contribution in [0.1, 0.15) is 40.1 Å². The zero-order chi connectivity index (χ0) is 18.4. The van der Waals surface area contributed by atoms with Crippen LogP contribution in [0.3, 0.4) is 0 Å². The third kappa shape index (κ3) is 4.94. The van der Waals surface area contributed by atoms with Crippen molar-refractivity contribution in [1.82, 2.24) is 9.80 Å². The first kappa shape index (κ1) is 18.6. The minimum Gasteiger partial charge on any atom is -0.339 e. The molecule has 1 aromatic carbocycles. The highest BCUT2D eigenvalue weighted by molar-refractivity contribution is 7.09. The van der Waals surface area contributed by atoms with E-state index in [1.54, 1.807) is 11.3 Å². The number of thiophene rings is 1. The van der Waals surface area contributed by atoms with Crippen LogP contribution in [0, 0.1) is 6.92 Å². The predicted molar refractivity (Wildman–Crippen MR) is 106 cm³/mol. The molecule has 2 aromatic rings. The topological polar surface area (TPSA) is 40.6 Å². The third-order valence-electron chi connectivity index (χ3n) is 4.83. The molecule has 1 aliphatic heterocycles. The molecule has 0 spiro atoms. The summed E-state index contributed by atoms with van der Waals surface area (Å²) in [5.41, 5.74) is 1.82. The lowest BCUT2D eigenvalue weighted by Crippen LogP contribution is -2.50. The SMILES string of the molecule is Cc1cccc(C(=O)N2CCN(C(=O)CCCCc3cccs3)CC2)c1. The van der Waals surface area contributed by atoms with Crippen molar-refractivity contribution in [2.45, 2.75) is 32.6 Å². The average molecular weight is 371 g/mol. The second kappa shape index (κ2) is 8.99. The molecule has 0 atom stereocenters. The summed E-state index contributed by atoms with van der Waals surface area (Å²) in [5, 5.41) is 2.10. The van der Waals surface area contributed by atoms with Gasteiger partial charge >= 0.3 is 0 Å². The molecule has 1 saturated heterocycles. The molecule has 3 rings (SSSR count). The molecule has 2 heterocycles. The number of piperazine rings is 1. The molecule has 26 heavy (non-hydrogen) atoms. The van der Waals surface area contributed by atoms with Crippen LogP contribution >= 0.6 is 11.3 Å². The van der Waals surface area contributed by atoms with E-state index in [1.807, 2.05) is 41.0 Å². The molecule has 0 N–H and O–H groups in total. The van der Waals surface area contributed by atoms with Gasteiger partial charge in [0.1, 0.15) is 0 Å². The van der Waals surface area contributed by atoms with Crippen molar-refractivity contribution in [3.05, 3.63) is 57.8 Å². The van der Waals surface area contributed by atoms with Crippen molar-refractivity contribution in [3.8, 4) is 0 Å². The maximum atomic E-state index is 12.6. The highest BCUT2D eigenvalue weighted by atomic mass is 32.1. The zero-order valence-electron chi connectivity index (χ0n) is 15.3. The number of hydrogen-bond donors (Lipinski definition) is 0. The summed E-state index contributed by atoms with van der Waals surface area (Å²) in [4.78, 5) is 30.1. The fourth-order valence-electron chi connectivity index (χ4n) is 3.31. The molecule has 0 radical (unpaired) electrons. The molecule has 0 bridgehead atoms. The van der Waals surface area contributed by atoms with E-state index in [2.05, 4.69) is 17.5 Å². The van der Waals surface area contributed by atoms with Crippen molar-refractivity contribution in [3.63, 3.8) is 0 Å². The Kier molecular flexibility index (Phi) is 6.45. The lowest BCUT2D eigenvalue weighted by molar-refractivity contribution is -0.132. The Labute approximate surface area is 159 Å². The van der Waals surface area contributed by atoms with Gasteiger partial charge in [-0.3, -0.25) is 9.59 Å². The van der Waals surface area contributed by atoms with Gasteiger partial charge in [-0.25, -0.2) is 0 Å². The Hall–Kier alpha value is -2.14. The number of nitrogens with zero attached hydrogens (tertiary/aromatic N) is 2. The summed E-state index contributed by atoms with van der Waals surface area (Å²) < 4.78 is 0. The van der Waals surface area contributed by atoms with E-state index in [4.69, 9.17) is 0 Å². The maximum Gasteiger partial charge on any atom is 0.253 e. The Bertz CT molecular complexity index is 734. The Balaban J connectivity index is 1.40. The number of benzene rings is 1. The van der Waals surface area contributed by atoms with Crippen LogP contribution in [0.4, 0.5) is 0 Å². The molecule has 2 amide bonds. The van der Waals surface area contributed by atoms with Crippen LogP contribution in [0.25, 0.3) is 0 Å². The van der Waals surface area contributed by atoms with Crippen LogP contribution in [0.2, 0.25) is 0 Å². The lowest BCUT2D eigenvalue weighted by atomic mass is 10.1. The van der Waals surface area contributed by atoms with Gasteiger partial charge in [0.25, 0.3) is 5.91 Å². The third-order valence-corrected chi connectivity index (χ3v) is 5.76. The van der Waals surface area contributed by atoms with Crippen LogP contribution < -0.4 is 0 Å². The number of carbonyl (C=O) groups is 2. The summed E-state index contributed by atoms with van der Waals surface area (Å²) in [7, 11) is 0. The lowest BCUT2D eigenvalue weighted by Gasteiger charge is -2.35. The number of amides is 2. The average Bonchev–Trinajstić information content (AvgIpc) is 3.18. The largest absolute Gasteiger partial charge is 0.339 e. The Morgan fingerprint density at radius 3 is 2.46 bits per heavy atom. The van der Waals surface area contributed by atoms with E-state index in [1.165, 1.54) is 4.88 Å². The van der Waals surface area contributed by atoms with Crippen LogP contribution in [-0.2, 0) is 11.2 Å². The van der Waals surface area contributed by atoms with Crippen molar-refractivity contribution in [2.75, 3.05) is 26.2 Å². The van der Waals surface area contributed by atoms with Crippen molar-refractivity contribution >= 4 is 23.2 Å². The predicted octanol–water partition coefficient (Wildman–Crippen LogP) is 3.75. The number of unbranched alkanes of at least 4 members (excludes halogenated alkanes) is 1. The maximum absolute atomic E-state index is 12.6. The van der Waals surface area contributed by atoms with Gasteiger partial charge in [0.15, 0.2) is 0 Å². The van der Waals surface area contributed by atoms with Gasteiger partial charge in [-0.2, -0.15) is 0 Å². The fraction of sp³-hybridized carbons (Fsp3) is 0.429. The molecule has 1 aliphatic rings. The molecule has 0 saturated carbocycles. The molecule has 0 aliphatic carbocycles. The first-order valence-electron chi connectivity index (χ1n) is 9.29. The van der Waals surface area contributed by atoms with Crippen LogP contribution in [0.5, 0.6) is 0 Å². The van der Waals surface area contributed by atoms with Crippen LogP contribution in [-0.4, -0.2) is 47.8 Å². The van der Waals surface area contributed by atoms with Gasteiger partial charge < -0.3 is 9.80 Å². The van der Waals surface area contributed by atoms with E-state index < -0.39 is 0 Å². The highest BCUT2D eigenvalue weighted by Crippen LogP contribution is 2.15. The van der Waals surface area contributed by atoms with Gasteiger partial charge in [0, 0.05) is 43.0 Å². The molecule has 0 unspecified atom stereocenters. The van der Waals surface area contributed by atoms with E-state index in [0.717, 1.165) is 30.4 Å². The van der Waals surface area contributed by atoms with Gasteiger partial charge in [-0.15, -0.1) is 11.3 Å². The Morgan fingerprint density at radius 1 is 1.00 bits per heavy atom. The second-order valence-electron chi connectivity index (χ2n) is 6.83. The number of aryl methyl sites for hydroxylation is 2. The molecule has 1 fully saturated rings. The van der Waals surface area contributed by atoms with E-state index >= 15 is 0 Å². The molecular weight excluding hydrogens is 344 g/mol. The summed E-state index contributed by atoms with van der Waals surface area (Å²) in [6, 6.07) is 11.9. The highest BCUT2D eigenvalue weighted by Gasteiger charge is 2.24. The van der Waals surface area contributed by atoms with Crippen molar-refractivity contribution < 1.29 is 9.59 Å². The molecule has 1 aromatic heterocycles. The number of rotatable bonds is 6. The molecular formula is C21H26N2O2S. The smallest absolute Gasteiger partial charge is 0.253 e. The summed E-state index contributed by atoms with van der Waals surface area (Å²) in [6.45, 7) is 4.51. The minimum absolute atomic E-state index is 0.0664. The van der Waals surface area contributed by atoms with Crippen molar-refractivity contribution in [1.29, 1.82) is 0 Å². The Morgan fingerprint density at radius 2 is 1.77 bits per heavy atom. The van der Waals surface area contributed by atoms with E-state index in [0.29, 0.717) is 32.6 Å². The summed E-state index contributed by atoms with van der Waals surface area (Å²) in [6.07, 6.45) is 3.65. The summed E-state index contributed by atoms with van der Waals surface area (Å²) in [5.74, 6) is 0.288. The fourth-order valence-corrected chi connectivity index (χ4v) is 4.06. The van der Waals surface area contributed by atoms with Gasteiger partial charge in [-0.1, -0.05) is 23.8 Å². The normalized spacial score (nSPS) is 14.5. The van der Waals surface area contributed by atoms with E-state index in [-0.39, 0.29) is 11.8 Å².